The number of aromatic nitrogens is 2. The average Bonchev–Trinajstić information content (AvgIpc) is 2.40. The fourth-order valence-corrected chi connectivity index (χ4v) is 2.05. The second-order valence-corrected chi connectivity index (χ2v) is 5.55. The van der Waals surface area contributed by atoms with E-state index in [1.54, 1.807) is 18.2 Å². The molecule has 2 aromatic rings. The molecular formula is C14H14Cl2N4O. The first-order valence-electron chi connectivity index (χ1n) is 6.31. The number of benzene rings is 1. The second-order valence-electron chi connectivity index (χ2n) is 4.71. The van der Waals surface area contributed by atoms with Crippen molar-refractivity contribution in [3.05, 3.63) is 55.9 Å². The Kier molecular flexibility index (Phi) is 4.98. The summed E-state index contributed by atoms with van der Waals surface area (Å²) < 4.78 is 0. The minimum atomic E-state index is -0.226. The second kappa shape index (κ2) is 6.74. The number of hydrazone groups is 1. The van der Waals surface area contributed by atoms with E-state index >= 15 is 0 Å². The van der Waals surface area contributed by atoms with Crippen LogP contribution in [0.15, 0.2) is 34.2 Å². The predicted octanol–water partition coefficient (Wildman–Crippen LogP) is 3.65. The minimum absolute atomic E-state index is 0.155. The number of anilines is 1. The topological polar surface area (TPSA) is 70.1 Å². The lowest BCUT2D eigenvalue weighted by Crippen LogP contribution is -2.12. The highest BCUT2D eigenvalue weighted by molar-refractivity contribution is 6.36. The number of halogens is 2. The van der Waals surface area contributed by atoms with E-state index < -0.39 is 0 Å². The Hall–Kier alpha value is -1.85. The maximum atomic E-state index is 11.5. The van der Waals surface area contributed by atoms with E-state index in [-0.39, 0.29) is 17.4 Å². The van der Waals surface area contributed by atoms with Crippen LogP contribution in [0.5, 0.6) is 0 Å². The van der Waals surface area contributed by atoms with Crippen molar-refractivity contribution in [1.29, 1.82) is 0 Å². The molecule has 0 unspecified atom stereocenters. The fraction of sp³-hybridized carbons (Fsp3) is 0.214. The average molecular weight is 325 g/mol. The van der Waals surface area contributed by atoms with Gasteiger partial charge >= 0.3 is 0 Å². The van der Waals surface area contributed by atoms with Crippen LogP contribution in [0.2, 0.25) is 10.0 Å². The highest BCUT2D eigenvalue weighted by atomic mass is 35.5. The Bertz CT molecular complexity index is 725. The molecule has 0 radical (unpaired) electrons. The largest absolute Gasteiger partial charge is 0.291 e. The summed E-state index contributed by atoms with van der Waals surface area (Å²) in [6, 6.07) is 6.56. The van der Waals surface area contributed by atoms with E-state index in [4.69, 9.17) is 23.2 Å². The van der Waals surface area contributed by atoms with Gasteiger partial charge in [0.25, 0.3) is 5.56 Å². The maximum absolute atomic E-state index is 11.5. The van der Waals surface area contributed by atoms with E-state index in [1.807, 2.05) is 13.8 Å². The number of H-pyrrole nitrogens is 1. The summed E-state index contributed by atoms with van der Waals surface area (Å²) in [6.45, 7) is 3.92. The molecular weight excluding hydrogens is 311 g/mol. The summed E-state index contributed by atoms with van der Waals surface area (Å²) in [5, 5.41) is 5.06. The zero-order chi connectivity index (χ0) is 15.4. The third-order valence-electron chi connectivity index (χ3n) is 2.69. The SMILES string of the molecule is CC(C)c1cc(=O)[nH]c(N/N=C\c2ccc(Cl)cc2Cl)n1. The van der Waals surface area contributed by atoms with Gasteiger partial charge < -0.3 is 0 Å². The molecule has 2 rings (SSSR count). The maximum Gasteiger partial charge on any atom is 0.252 e. The van der Waals surface area contributed by atoms with Crippen LogP contribution in [0.25, 0.3) is 0 Å². The van der Waals surface area contributed by atoms with Crippen LogP contribution >= 0.6 is 23.2 Å². The zero-order valence-corrected chi connectivity index (χ0v) is 13.0. The van der Waals surface area contributed by atoms with Gasteiger partial charge in [0, 0.05) is 16.7 Å². The standard InChI is InChI=1S/C14H14Cl2N4O/c1-8(2)12-6-13(21)19-14(18-12)20-17-7-9-3-4-10(15)5-11(9)16/h3-8H,1-2H3,(H2,18,19,20,21)/b17-7-. The highest BCUT2D eigenvalue weighted by Crippen LogP contribution is 2.19. The lowest BCUT2D eigenvalue weighted by Gasteiger charge is -2.05. The molecule has 21 heavy (non-hydrogen) atoms. The number of aromatic amines is 1. The van der Waals surface area contributed by atoms with Gasteiger partial charge in [-0.3, -0.25) is 9.78 Å². The molecule has 0 atom stereocenters. The Morgan fingerprint density at radius 2 is 2.10 bits per heavy atom. The van der Waals surface area contributed by atoms with Crippen molar-refractivity contribution in [2.75, 3.05) is 5.43 Å². The summed E-state index contributed by atoms with van der Waals surface area (Å²) in [4.78, 5) is 18.4. The van der Waals surface area contributed by atoms with Crippen molar-refractivity contribution in [2.45, 2.75) is 19.8 Å². The molecule has 0 fully saturated rings. The van der Waals surface area contributed by atoms with Crippen molar-refractivity contribution in [3.63, 3.8) is 0 Å². The summed E-state index contributed by atoms with van der Waals surface area (Å²) in [6.07, 6.45) is 1.53. The molecule has 0 saturated carbocycles. The summed E-state index contributed by atoms with van der Waals surface area (Å²) in [7, 11) is 0. The third kappa shape index (κ3) is 4.31. The predicted molar refractivity (Wildman–Crippen MR) is 86.6 cm³/mol. The molecule has 0 bridgehead atoms. The third-order valence-corrected chi connectivity index (χ3v) is 3.25. The van der Waals surface area contributed by atoms with Crippen LogP contribution in [0.4, 0.5) is 5.95 Å². The number of nitrogens with zero attached hydrogens (tertiary/aromatic N) is 2. The summed E-state index contributed by atoms with van der Waals surface area (Å²) >= 11 is 11.8. The normalized spacial score (nSPS) is 11.3. The van der Waals surface area contributed by atoms with Crippen LogP contribution in [0, 0.1) is 0 Å². The van der Waals surface area contributed by atoms with Crippen molar-refractivity contribution in [2.24, 2.45) is 5.10 Å². The number of hydrogen-bond donors (Lipinski definition) is 2. The molecule has 0 spiro atoms. The van der Waals surface area contributed by atoms with Crippen molar-refractivity contribution >= 4 is 35.4 Å². The van der Waals surface area contributed by atoms with Gasteiger partial charge in [-0.25, -0.2) is 10.4 Å². The molecule has 2 N–H and O–H groups in total. The van der Waals surface area contributed by atoms with Gasteiger partial charge in [0.05, 0.1) is 16.9 Å². The molecule has 0 aliphatic rings. The Labute approximate surface area is 132 Å². The van der Waals surface area contributed by atoms with Gasteiger partial charge in [0.1, 0.15) is 0 Å². The summed E-state index contributed by atoms with van der Waals surface area (Å²) in [5.74, 6) is 0.440. The first-order valence-corrected chi connectivity index (χ1v) is 7.06. The van der Waals surface area contributed by atoms with E-state index in [1.165, 1.54) is 12.3 Å². The molecule has 5 nitrogen and oxygen atoms in total. The van der Waals surface area contributed by atoms with E-state index in [0.717, 1.165) is 0 Å². The van der Waals surface area contributed by atoms with Crippen LogP contribution in [-0.4, -0.2) is 16.2 Å². The van der Waals surface area contributed by atoms with Gasteiger partial charge in [-0.15, -0.1) is 0 Å². The Morgan fingerprint density at radius 1 is 1.33 bits per heavy atom. The monoisotopic (exact) mass is 324 g/mol. The molecule has 0 aliphatic carbocycles. The molecule has 0 aliphatic heterocycles. The van der Waals surface area contributed by atoms with Crippen LogP contribution in [0.1, 0.15) is 31.0 Å². The number of nitrogens with one attached hydrogen (secondary N) is 2. The molecule has 7 heteroatoms. The molecule has 110 valence electrons. The quantitative estimate of drug-likeness (QED) is 0.666. The molecule has 1 aromatic carbocycles. The van der Waals surface area contributed by atoms with Crippen LogP contribution in [-0.2, 0) is 0 Å². The van der Waals surface area contributed by atoms with E-state index in [0.29, 0.717) is 21.3 Å². The van der Waals surface area contributed by atoms with Gasteiger partial charge in [-0.05, 0) is 18.1 Å². The molecule has 1 aromatic heterocycles. The van der Waals surface area contributed by atoms with Crippen LogP contribution < -0.4 is 11.0 Å². The van der Waals surface area contributed by atoms with E-state index in [2.05, 4.69) is 20.5 Å². The lowest BCUT2D eigenvalue weighted by molar-refractivity contribution is 0.810. The lowest BCUT2D eigenvalue weighted by atomic mass is 10.1. The molecule has 0 saturated heterocycles. The van der Waals surface area contributed by atoms with Gasteiger partial charge in [0.15, 0.2) is 0 Å². The first-order chi connectivity index (χ1) is 9.95. The zero-order valence-electron chi connectivity index (χ0n) is 11.5. The number of hydrogen-bond acceptors (Lipinski definition) is 4. The fourth-order valence-electron chi connectivity index (χ4n) is 1.59. The van der Waals surface area contributed by atoms with Crippen molar-refractivity contribution in [1.82, 2.24) is 9.97 Å². The number of rotatable bonds is 4. The first kappa shape index (κ1) is 15.5. The van der Waals surface area contributed by atoms with Gasteiger partial charge in [-0.1, -0.05) is 43.1 Å². The molecule has 1 heterocycles. The van der Waals surface area contributed by atoms with Gasteiger partial charge in [0.2, 0.25) is 5.95 Å². The van der Waals surface area contributed by atoms with Crippen molar-refractivity contribution in [3.8, 4) is 0 Å². The Morgan fingerprint density at radius 3 is 2.76 bits per heavy atom. The van der Waals surface area contributed by atoms with Crippen LogP contribution in [0.3, 0.4) is 0 Å². The summed E-state index contributed by atoms with van der Waals surface area (Å²) in [5.41, 5.74) is 3.86. The minimum Gasteiger partial charge on any atom is -0.291 e. The Balaban J connectivity index is 2.16. The van der Waals surface area contributed by atoms with Gasteiger partial charge in [-0.2, -0.15) is 5.10 Å². The van der Waals surface area contributed by atoms with Crippen molar-refractivity contribution < 1.29 is 0 Å². The van der Waals surface area contributed by atoms with E-state index in [9.17, 15) is 4.79 Å². The smallest absolute Gasteiger partial charge is 0.252 e. The molecule has 0 amide bonds. The highest BCUT2D eigenvalue weighted by Gasteiger charge is 2.04.